The number of carboxylic acids is 1. The number of halogens is 3. The van der Waals surface area contributed by atoms with Crippen molar-refractivity contribution < 1.29 is 37.1 Å². The number of thioether (sulfide) groups is 1. The first-order valence-corrected chi connectivity index (χ1v) is 7.38. The number of nitro groups is 2. The molecule has 1 aromatic rings. The largest absolute Gasteiger partial charge is 0.481 e. The summed E-state index contributed by atoms with van der Waals surface area (Å²) in [5.41, 5.74) is -7.52. The van der Waals surface area contributed by atoms with E-state index >= 15 is 0 Å². The first-order valence-electron chi connectivity index (χ1n) is 5.25. The van der Waals surface area contributed by atoms with Crippen LogP contribution >= 0.6 is 11.8 Å². The molecule has 0 saturated heterocycles. The van der Waals surface area contributed by atoms with Gasteiger partial charge in [-0.25, -0.2) is 4.21 Å². The standard InChI is InChI=1S/C9H5F3N2O7S2/c10-9(11,12)23(21)4-1-5(13(17)18)8(22-3-7(15)16)6(2-4)14(19)20/h1-2H,3H2,(H,15,16). The molecular formula is C9H5F3N2O7S2. The third kappa shape index (κ3) is 4.62. The van der Waals surface area contributed by atoms with Crippen molar-refractivity contribution in [1.82, 2.24) is 0 Å². The van der Waals surface area contributed by atoms with Crippen LogP contribution in [0.4, 0.5) is 24.5 Å². The molecule has 9 nitrogen and oxygen atoms in total. The quantitative estimate of drug-likeness (QED) is 0.454. The molecule has 0 bridgehead atoms. The zero-order chi connectivity index (χ0) is 17.9. The predicted octanol–water partition coefficient (Wildman–Crippen LogP) is 2.31. The molecular weight excluding hydrogens is 369 g/mol. The molecule has 1 rings (SSSR count). The Balaban J connectivity index is 3.58. The minimum Gasteiger partial charge on any atom is -0.481 e. The Bertz CT molecular complexity index is 672. The van der Waals surface area contributed by atoms with Gasteiger partial charge in [-0.2, -0.15) is 13.2 Å². The van der Waals surface area contributed by atoms with Crippen LogP contribution in [0.2, 0.25) is 0 Å². The lowest BCUT2D eigenvalue weighted by molar-refractivity contribution is -0.400. The number of rotatable bonds is 6. The summed E-state index contributed by atoms with van der Waals surface area (Å²) in [6.45, 7) is 0. The van der Waals surface area contributed by atoms with E-state index in [1.165, 1.54) is 0 Å². The Kier molecular flexibility index (Phi) is 5.65. The smallest absolute Gasteiger partial charge is 0.475 e. The van der Waals surface area contributed by atoms with E-state index in [1.54, 1.807) is 0 Å². The Hall–Kier alpha value is -2.22. The lowest BCUT2D eigenvalue weighted by atomic mass is 10.3. The molecule has 126 valence electrons. The van der Waals surface area contributed by atoms with Gasteiger partial charge in [-0.1, -0.05) is 0 Å². The highest BCUT2D eigenvalue weighted by atomic mass is 32.2. The second-order valence-corrected chi connectivity index (χ2v) is 6.16. The monoisotopic (exact) mass is 374 g/mol. The SMILES string of the molecule is O=C(O)CSc1c([N+](=O)[O-])cc(S(=O)C(F)(F)F)cc1[N+](=O)[O-]. The maximum atomic E-state index is 12.4. The average molecular weight is 374 g/mol. The van der Waals surface area contributed by atoms with Gasteiger partial charge in [0.2, 0.25) is 0 Å². The molecule has 23 heavy (non-hydrogen) atoms. The number of carboxylic acid groups (broad SMARTS) is 1. The zero-order valence-electron chi connectivity index (χ0n) is 10.6. The highest BCUT2D eigenvalue weighted by molar-refractivity contribution is 8.00. The number of carbonyl (C=O) groups is 1. The van der Waals surface area contributed by atoms with Gasteiger partial charge in [0.25, 0.3) is 11.4 Å². The fourth-order valence-corrected chi connectivity index (χ4v) is 2.90. The van der Waals surface area contributed by atoms with Crippen LogP contribution in [0.15, 0.2) is 21.9 Å². The van der Waals surface area contributed by atoms with Crippen molar-refractivity contribution in [3.8, 4) is 0 Å². The van der Waals surface area contributed by atoms with Crippen molar-refractivity contribution in [2.75, 3.05) is 5.75 Å². The van der Waals surface area contributed by atoms with Crippen LogP contribution in [0.1, 0.15) is 0 Å². The van der Waals surface area contributed by atoms with Crippen LogP contribution in [0, 0.1) is 20.2 Å². The van der Waals surface area contributed by atoms with E-state index in [4.69, 9.17) is 5.11 Å². The number of benzene rings is 1. The van der Waals surface area contributed by atoms with Crippen molar-refractivity contribution in [2.45, 2.75) is 15.3 Å². The summed E-state index contributed by atoms with van der Waals surface area (Å²) in [5, 5.41) is 30.3. The Morgan fingerprint density at radius 1 is 1.22 bits per heavy atom. The van der Waals surface area contributed by atoms with E-state index in [0.717, 1.165) is 0 Å². The highest BCUT2D eigenvalue weighted by Crippen LogP contribution is 2.40. The van der Waals surface area contributed by atoms with E-state index < -0.39 is 59.0 Å². The van der Waals surface area contributed by atoms with Crippen LogP contribution < -0.4 is 0 Å². The molecule has 1 aromatic carbocycles. The summed E-state index contributed by atoms with van der Waals surface area (Å²) in [7, 11) is -3.71. The second kappa shape index (κ2) is 6.91. The summed E-state index contributed by atoms with van der Waals surface area (Å²) >= 11 is 0.203. The minimum absolute atomic E-state index is 0.203. The van der Waals surface area contributed by atoms with Gasteiger partial charge in [-0.05, 0) is 0 Å². The molecule has 1 N–H and O–H groups in total. The molecule has 0 fully saturated rings. The fraction of sp³-hybridized carbons (Fsp3) is 0.222. The van der Waals surface area contributed by atoms with Crippen LogP contribution in [-0.2, 0) is 15.6 Å². The van der Waals surface area contributed by atoms with Crippen LogP contribution in [0.3, 0.4) is 0 Å². The summed E-state index contributed by atoms with van der Waals surface area (Å²) in [6.07, 6.45) is 0. The molecule has 1 unspecified atom stereocenters. The van der Waals surface area contributed by atoms with Crippen molar-refractivity contribution in [3.05, 3.63) is 32.4 Å². The van der Waals surface area contributed by atoms with E-state index in [0.29, 0.717) is 0 Å². The zero-order valence-corrected chi connectivity index (χ0v) is 12.2. The number of hydrogen-bond donors (Lipinski definition) is 1. The van der Waals surface area contributed by atoms with Crippen molar-refractivity contribution in [3.63, 3.8) is 0 Å². The molecule has 1 atom stereocenters. The molecule has 0 radical (unpaired) electrons. The average Bonchev–Trinajstić information content (AvgIpc) is 2.41. The molecule has 0 spiro atoms. The summed E-state index contributed by atoms with van der Waals surface area (Å²) in [6, 6.07) is 0.557. The molecule has 0 aliphatic rings. The molecule has 0 saturated carbocycles. The number of nitro benzene ring substituents is 2. The van der Waals surface area contributed by atoms with Gasteiger partial charge in [0.15, 0.2) is 15.7 Å². The lowest BCUT2D eigenvalue weighted by Gasteiger charge is -2.08. The third-order valence-corrected chi connectivity index (χ3v) is 4.36. The molecule has 14 heteroatoms. The maximum absolute atomic E-state index is 12.4. The van der Waals surface area contributed by atoms with Crippen LogP contribution in [0.25, 0.3) is 0 Å². The third-order valence-electron chi connectivity index (χ3n) is 2.18. The van der Waals surface area contributed by atoms with E-state index in [-0.39, 0.29) is 23.9 Å². The highest BCUT2D eigenvalue weighted by Gasteiger charge is 2.40. The maximum Gasteiger partial charge on any atom is 0.475 e. The van der Waals surface area contributed by atoms with Gasteiger partial charge in [0.1, 0.15) is 0 Å². The summed E-state index contributed by atoms with van der Waals surface area (Å²) in [4.78, 5) is 28.0. The Labute approximate surface area is 131 Å². The first kappa shape index (κ1) is 18.8. The van der Waals surface area contributed by atoms with Gasteiger partial charge < -0.3 is 5.11 Å². The van der Waals surface area contributed by atoms with Crippen LogP contribution in [-0.4, -0.2) is 36.4 Å². The topological polar surface area (TPSA) is 141 Å². The van der Waals surface area contributed by atoms with Gasteiger partial charge in [0.05, 0.1) is 20.5 Å². The second-order valence-electron chi connectivity index (χ2n) is 3.70. The lowest BCUT2D eigenvalue weighted by Crippen LogP contribution is -2.16. The molecule has 0 aliphatic carbocycles. The van der Waals surface area contributed by atoms with E-state index in [2.05, 4.69) is 0 Å². The van der Waals surface area contributed by atoms with Gasteiger partial charge in [0, 0.05) is 12.1 Å². The first-order chi connectivity index (χ1) is 10.4. The number of alkyl halides is 3. The Morgan fingerprint density at radius 3 is 1.96 bits per heavy atom. The minimum atomic E-state index is -5.27. The number of nitrogens with zero attached hydrogens (tertiary/aromatic N) is 2. The normalized spacial score (nSPS) is 12.7. The summed E-state index contributed by atoms with van der Waals surface area (Å²) in [5.74, 6) is -2.23. The fourth-order valence-electron chi connectivity index (χ4n) is 1.37. The molecule has 0 heterocycles. The Morgan fingerprint density at radius 2 is 1.65 bits per heavy atom. The van der Waals surface area contributed by atoms with Gasteiger partial charge in [-0.15, -0.1) is 11.8 Å². The summed E-state index contributed by atoms with van der Waals surface area (Å²) < 4.78 is 48.5. The number of hydrogen-bond acceptors (Lipinski definition) is 7. The van der Waals surface area contributed by atoms with Gasteiger partial charge in [-0.3, -0.25) is 25.0 Å². The predicted molar refractivity (Wildman–Crippen MR) is 70.6 cm³/mol. The van der Waals surface area contributed by atoms with Crippen molar-refractivity contribution in [2.24, 2.45) is 0 Å². The molecule has 0 aromatic heterocycles. The number of aliphatic carboxylic acids is 1. The van der Waals surface area contributed by atoms with E-state index in [1.807, 2.05) is 0 Å². The van der Waals surface area contributed by atoms with Crippen LogP contribution in [0.5, 0.6) is 0 Å². The van der Waals surface area contributed by atoms with Gasteiger partial charge >= 0.3 is 11.5 Å². The van der Waals surface area contributed by atoms with E-state index in [9.17, 15) is 42.4 Å². The molecule has 0 aliphatic heterocycles. The molecule has 0 amide bonds. The van der Waals surface area contributed by atoms with Crippen molar-refractivity contribution >= 4 is 39.9 Å². The van der Waals surface area contributed by atoms with Crippen molar-refractivity contribution in [1.29, 1.82) is 0 Å².